The normalized spacial score (nSPS) is 19.3. The summed E-state index contributed by atoms with van der Waals surface area (Å²) in [6.45, 7) is 2.05. The lowest BCUT2D eigenvalue weighted by atomic mass is 9.91. The van der Waals surface area contributed by atoms with Crippen LogP contribution in [0.2, 0.25) is 0 Å². The largest absolute Gasteiger partial charge is 0.341 e. The summed E-state index contributed by atoms with van der Waals surface area (Å²) in [5.41, 5.74) is 5.75. The van der Waals surface area contributed by atoms with Crippen molar-refractivity contribution in [3.8, 4) is 0 Å². The van der Waals surface area contributed by atoms with Gasteiger partial charge in [0.05, 0.1) is 6.04 Å². The summed E-state index contributed by atoms with van der Waals surface area (Å²) < 4.78 is 0. The van der Waals surface area contributed by atoms with Crippen LogP contribution in [0.1, 0.15) is 39.0 Å². The molecule has 0 aromatic carbocycles. The third-order valence-corrected chi connectivity index (χ3v) is 2.89. The molecular weight excluding hydrogens is 164 g/mol. The first-order chi connectivity index (χ1) is 6.16. The molecule has 0 spiro atoms. The molecule has 0 saturated heterocycles. The lowest BCUT2D eigenvalue weighted by molar-refractivity contribution is -0.135. The highest BCUT2D eigenvalue weighted by Gasteiger charge is 2.27. The van der Waals surface area contributed by atoms with Crippen molar-refractivity contribution in [2.24, 2.45) is 5.73 Å². The van der Waals surface area contributed by atoms with Crippen LogP contribution in [0, 0.1) is 0 Å². The van der Waals surface area contributed by atoms with Gasteiger partial charge in [-0.3, -0.25) is 4.79 Å². The third kappa shape index (κ3) is 2.44. The van der Waals surface area contributed by atoms with Crippen molar-refractivity contribution >= 4 is 5.91 Å². The zero-order valence-electron chi connectivity index (χ0n) is 8.62. The van der Waals surface area contributed by atoms with E-state index in [0.717, 1.165) is 25.7 Å². The Bertz CT molecular complexity index is 178. The highest BCUT2D eigenvalue weighted by Crippen LogP contribution is 2.23. The average Bonchev–Trinajstić information content (AvgIpc) is 2.00. The quantitative estimate of drug-likeness (QED) is 0.711. The number of likely N-dealkylation sites (N-methyl/N-ethyl adjacent to an activating group) is 1. The summed E-state index contributed by atoms with van der Waals surface area (Å²) in [7, 11) is 1.88. The van der Waals surface area contributed by atoms with Crippen LogP contribution >= 0.6 is 0 Å². The highest BCUT2D eigenvalue weighted by atomic mass is 16.2. The van der Waals surface area contributed by atoms with Crippen LogP contribution in [0.15, 0.2) is 0 Å². The summed E-state index contributed by atoms with van der Waals surface area (Å²) in [4.78, 5) is 13.5. The lowest BCUT2D eigenvalue weighted by Gasteiger charge is -2.36. The van der Waals surface area contributed by atoms with Gasteiger partial charge in [-0.2, -0.15) is 0 Å². The fourth-order valence-electron chi connectivity index (χ4n) is 1.65. The zero-order valence-corrected chi connectivity index (χ0v) is 8.62. The standard InChI is InChI=1S/C10H20N2O/c1-3-5-9(11)10(13)12(2)8-6-4-7-8/h8-9H,3-7,11H2,1-2H3/t9-/m1/s1. The predicted molar refractivity (Wildman–Crippen MR) is 53.3 cm³/mol. The predicted octanol–water partition coefficient (Wildman–Crippen LogP) is 1.12. The van der Waals surface area contributed by atoms with Gasteiger partial charge in [-0.15, -0.1) is 0 Å². The van der Waals surface area contributed by atoms with Crippen molar-refractivity contribution in [2.75, 3.05) is 7.05 Å². The highest BCUT2D eigenvalue weighted by molar-refractivity contribution is 5.81. The Labute approximate surface area is 80.3 Å². The molecule has 0 radical (unpaired) electrons. The Morgan fingerprint density at radius 1 is 1.62 bits per heavy atom. The maximum Gasteiger partial charge on any atom is 0.239 e. The molecule has 1 aliphatic carbocycles. The number of hydrogen-bond donors (Lipinski definition) is 1. The van der Waals surface area contributed by atoms with Crippen molar-refractivity contribution in [2.45, 2.75) is 51.1 Å². The molecule has 1 saturated carbocycles. The van der Waals surface area contributed by atoms with Gasteiger partial charge in [-0.1, -0.05) is 13.3 Å². The summed E-state index contributed by atoms with van der Waals surface area (Å²) >= 11 is 0. The summed E-state index contributed by atoms with van der Waals surface area (Å²) in [6, 6.07) is 0.186. The molecule has 1 atom stereocenters. The minimum absolute atomic E-state index is 0.117. The number of nitrogens with two attached hydrogens (primary N) is 1. The summed E-state index contributed by atoms with van der Waals surface area (Å²) in [5.74, 6) is 0.117. The molecule has 0 aliphatic heterocycles. The Kier molecular flexibility index (Phi) is 3.72. The van der Waals surface area contributed by atoms with Crippen molar-refractivity contribution < 1.29 is 4.79 Å². The molecular formula is C10H20N2O. The zero-order chi connectivity index (χ0) is 9.84. The van der Waals surface area contributed by atoms with E-state index in [0.29, 0.717) is 6.04 Å². The van der Waals surface area contributed by atoms with Gasteiger partial charge in [0, 0.05) is 13.1 Å². The van der Waals surface area contributed by atoms with E-state index >= 15 is 0 Å². The van der Waals surface area contributed by atoms with Crippen molar-refractivity contribution in [1.82, 2.24) is 4.90 Å². The van der Waals surface area contributed by atoms with Crippen LogP contribution in [0.5, 0.6) is 0 Å². The van der Waals surface area contributed by atoms with E-state index in [9.17, 15) is 4.79 Å². The monoisotopic (exact) mass is 184 g/mol. The van der Waals surface area contributed by atoms with E-state index in [4.69, 9.17) is 5.73 Å². The minimum Gasteiger partial charge on any atom is -0.341 e. The number of hydrogen-bond acceptors (Lipinski definition) is 2. The molecule has 1 fully saturated rings. The molecule has 0 aromatic rings. The number of carbonyl (C=O) groups is 1. The second-order valence-electron chi connectivity index (χ2n) is 3.93. The van der Waals surface area contributed by atoms with Crippen LogP contribution in [0.4, 0.5) is 0 Å². The Morgan fingerprint density at radius 3 is 2.62 bits per heavy atom. The van der Waals surface area contributed by atoms with E-state index in [1.807, 2.05) is 11.9 Å². The number of rotatable bonds is 4. The van der Waals surface area contributed by atoms with Crippen molar-refractivity contribution in [3.05, 3.63) is 0 Å². The van der Waals surface area contributed by atoms with Crippen LogP contribution in [0.3, 0.4) is 0 Å². The molecule has 1 aliphatic rings. The SMILES string of the molecule is CCC[C@@H](N)C(=O)N(C)C1CCC1. The molecule has 2 N–H and O–H groups in total. The maximum atomic E-state index is 11.7. The van der Waals surface area contributed by atoms with Gasteiger partial charge in [0.1, 0.15) is 0 Å². The summed E-state index contributed by atoms with van der Waals surface area (Å²) in [5, 5.41) is 0. The van der Waals surface area contributed by atoms with Crippen LogP contribution in [0.25, 0.3) is 0 Å². The van der Waals surface area contributed by atoms with E-state index in [2.05, 4.69) is 6.92 Å². The average molecular weight is 184 g/mol. The molecule has 3 heteroatoms. The van der Waals surface area contributed by atoms with Crippen LogP contribution in [-0.2, 0) is 4.79 Å². The third-order valence-electron chi connectivity index (χ3n) is 2.89. The van der Waals surface area contributed by atoms with E-state index < -0.39 is 0 Å². The van der Waals surface area contributed by atoms with Gasteiger partial charge in [0.25, 0.3) is 0 Å². The molecule has 1 rings (SSSR count). The van der Waals surface area contributed by atoms with E-state index in [-0.39, 0.29) is 11.9 Å². The van der Waals surface area contributed by atoms with Gasteiger partial charge < -0.3 is 10.6 Å². The molecule has 0 heterocycles. The molecule has 3 nitrogen and oxygen atoms in total. The lowest BCUT2D eigenvalue weighted by Crippen LogP contribution is -2.48. The van der Waals surface area contributed by atoms with E-state index in [1.165, 1.54) is 6.42 Å². The molecule has 76 valence electrons. The summed E-state index contributed by atoms with van der Waals surface area (Å²) in [6.07, 6.45) is 5.34. The second kappa shape index (κ2) is 4.61. The van der Waals surface area contributed by atoms with Crippen LogP contribution in [-0.4, -0.2) is 29.9 Å². The smallest absolute Gasteiger partial charge is 0.239 e. The maximum absolute atomic E-state index is 11.7. The van der Waals surface area contributed by atoms with Gasteiger partial charge in [0.2, 0.25) is 5.91 Å². The van der Waals surface area contributed by atoms with E-state index in [1.54, 1.807) is 0 Å². The van der Waals surface area contributed by atoms with Crippen molar-refractivity contribution in [3.63, 3.8) is 0 Å². The first-order valence-corrected chi connectivity index (χ1v) is 5.19. The number of carbonyl (C=O) groups excluding carboxylic acids is 1. The minimum atomic E-state index is -0.282. The Hall–Kier alpha value is -0.570. The second-order valence-corrected chi connectivity index (χ2v) is 3.93. The molecule has 13 heavy (non-hydrogen) atoms. The Balaban J connectivity index is 2.36. The first-order valence-electron chi connectivity index (χ1n) is 5.19. The van der Waals surface area contributed by atoms with Gasteiger partial charge in [-0.25, -0.2) is 0 Å². The van der Waals surface area contributed by atoms with Crippen molar-refractivity contribution in [1.29, 1.82) is 0 Å². The van der Waals surface area contributed by atoms with Gasteiger partial charge in [0.15, 0.2) is 0 Å². The molecule has 1 amide bonds. The molecule has 0 aromatic heterocycles. The number of nitrogens with zero attached hydrogens (tertiary/aromatic N) is 1. The van der Waals surface area contributed by atoms with Crippen LogP contribution < -0.4 is 5.73 Å². The molecule has 0 unspecified atom stereocenters. The number of amides is 1. The fourth-order valence-corrected chi connectivity index (χ4v) is 1.65. The van der Waals surface area contributed by atoms with Gasteiger partial charge in [-0.05, 0) is 25.7 Å². The Morgan fingerprint density at radius 2 is 2.23 bits per heavy atom. The molecule has 0 bridgehead atoms. The fraction of sp³-hybridized carbons (Fsp3) is 0.900. The van der Waals surface area contributed by atoms with Gasteiger partial charge >= 0.3 is 0 Å². The first kappa shape index (κ1) is 10.5. The topological polar surface area (TPSA) is 46.3 Å².